The highest BCUT2D eigenvalue weighted by Gasteiger charge is 2.16. The highest BCUT2D eigenvalue weighted by molar-refractivity contribution is 5.43. The standard InChI is InChI=1S/C15H25NO2/c1-11-12(2)14(18-6)8-7-13(11)9-16(5)10-15(3,4)17/h7-8,17H,9-10H2,1-6H3. The molecule has 0 amide bonds. The van der Waals surface area contributed by atoms with Gasteiger partial charge in [-0.1, -0.05) is 6.07 Å². The first-order valence-electron chi connectivity index (χ1n) is 6.28. The van der Waals surface area contributed by atoms with Crippen molar-refractivity contribution in [2.75, 3.05) is 20.7 Å². The Hall–Kier alpha value is -1.06. The van der Waals surface area contributed by atoms with Crippen molar-refractivity contribution in [3.8, 4) is 5.75 Å². The normalized spacial score (nSPS) is 12.0. The molecular formula is C15H25NO2. The van der Waals surface area contributed by atoms with Gasteiger partial charge in [0.2, 0.25) is 0 Å². The molecule has 0 unspecified atom stereocenters. The summed E-state index contributed by atoms with van der Waals surface area (Å²) in [6.45, 7) is 9.34. The highest BCUT2D eigenvalue weighted by atomic mass is 16.5. The molecule has 1 aromatic carbocycles. The molecule has 3 heteroatoms. The summed E-state index contributed by atoms with van der Waals surface area (Å²) in [7, 11) is 3.72. The van der Waals surface area contributed by atoms with Crippen LogP contribution in [0.2, 0.25) is 0 Å². The number of hydrogen-bond donors (Lipinski definition) is 1. The van der Waals surface area contributed by atoms with Gasteiger partial charge in [-0.2, -0.15) is 0 Å². The zero-order chi connectivity index (χ0) is 13.9. The molecule has 1 N–H and O–H groups in total. The molecule has 0 saturated carbocycles. The van der Waals surface area contributed by atoms with E-state index in [0.717, 1.165) is 12.3 Å². The van der Waals surface area contributed by atoms with E-state index in [1.807, 2.05) is 27.0 Å². The van der Waals surface area contributed by atoms with Crippen molar-refractivity contribution in [2.24, 2.45) is 0 Å². The fourth-order valence-corrected chi connectivity index (χ4v) is 2.25. The molecule has 0 bridgehead atoms. The lowest BCUT2D eigenvalue weighted by Gasteiger charge is -2.26. The molecule has 1 aromatic rings. The number of hydrogen-bond acceptors (Lipinski definition) is 3. The second-order valence-corrected chi connectivity index (χ2v) is 5.66. The van der Waals surface area contributed by atoms with Crippen molar-refractivity contribution in [1.82, 2.24) is 4.90 Å². The van der Waals surface area contributed by atoms with E-state index in [2.05, 4.69) is 24.8 Å². The number of likely N-dealkylation sites (N-methyl/N-ethyl adjacent to an activating group) is 1. The molecule has 0 aliphatic carbocycles. The Bertz CT molecular complexity index is 408. The molecule has 18 heavy (non-hydrogen) atoms. The Kier molecular flexibility index (Phi) is 4.77. The monoisotopic (exact) mass is 251 g/mol. The molecule has 0 aromatic heterocycles. The van der Waals surface area contributed by atoms with E-state index in [4.69, 9.17) is 4.74 Å². The summed E-state index contributed by atoms with van der Waals surface area (Å²) in [5.74, 6) is 0.932. The van der Waals surface area contributed by atoms with Gasteiger partial charge < -0.3 is 9.84 Å². The molecule has 0 radical (unpaired) electrons. The average Bonchev–Trinajstić information content (AvgIpc) is 2.22. The third kappa shape index (κ3) is 4.00. The SMILES string of the molecule is COc1ccc(CN(C)CC(C)(C)O)c(C)c1C. The fourth-order valence-electron chi connectivity index (χ4n) is 2.25. The Balaban J connectivity index is 2.83. The summed E-state index contributed by atoms with van der Waals surface area (Å²) in [6, 6.07) is 4.11. The van der Waals surface area contributed by atoms with Crippen LogP contribution in [0.1, 0.15) is 30.5 Å². The third-order valence-corrected chi connectivity index (χ3v) is 3.17. The van der Waals surface area contributed by atoms with Crippen molar-refractivity contribution in [2.45, 2.75) is 39.8 Å². The van der Waals surface area contributed by atoms with Crippen molar-refractivity contribution in [1.29, 1.82) is 0 Å². The largest absolute Gasteiger partial charge is 0.496 e. The van der Waals surface area contributed by atoms with E-state index < -0.39 is 5.60 Å². The molecule has 0 spiro atoms. The minimum atomic E-state index is -0.663. The van der Waals surface area contributed by atoms with Crippen LogP contribution in [0.5, 0.6) is 5.75 Å². The summed E-state index contributed by atoms with van der Waals surface area (Å²) in [5.41, 5.74) is 3.06. The van der Waals surface area contributed by atoms with Crippen molar-refractivity contribution >= 4 is 0 Å². The van der Waals surface area contributed by atoms with Gasteiger partial charge in [0.05, 0.1) is 12.7 Å². The number of aliphatic hydroxyl groups is 1. The zero-order valence-corrected chi connectivity index (χ0v) is 12.4. The fraction of sp³-hybridized carbons (Fsp3) is 0.600. The Morgan fingerprint density at radius 2 is 1.83 bits per heavy atom. The van der Waals surface area contributed by atoms with E-state index in [9.17, 15) is 5.11 Å². The highest BCUT2D eigenvalue weighted by Crippen LogP contribution is 2.24. The molecule has 102 valence electrons. The van der Waals surface area contributed by atoms with Crippen LogP contribution in [-0.2, 0) is 6.54 Å². The molecule has 0 aliphatic rings. The Labute approximate surface area is 110 Å². The van der Waals surface area contributed by atoms with Gasteiger partial charge in [0.15, 0.2) is 0 Å². The topological polar surface area (TPSA) is 32.7 Å². The van der Waals surface area contributed by atoms with Crippen LogP contribution in [0, 0.1) is 13.8 Å². The van der Waals surface area contributed by atoms with Gasteiger partial charge in [-0.05, 0) is 57.5 Å². The second-order valence-electron chi connectivity index (χ2n) is 5.66. The van der Waals surface area contributed by atoms with Gasteiger partial charge in [-0.25, -0.2) is 0 Å². The van der Waals surface area contributed by atoms with Gasteiger partial charge in [0.1, 0.15) is 5.75 Å². The van der Waals surface area contributed by atoms with E-state index in [1.54, 1.807) is 7.11 Å². The van der Waals surface area contributed by atoms with E-state index in [0.29, 0.717) is 6.54 Å². The molecule has 0 heterocycles. The van der Waals surface area contributed by atoms with Crippen molar-refractivity contribution in [3.05, 3.63) is 28.8 Å². The van der Waals surface area contributed by atoms with Gasteiger partial charge >= 0.3 is 0 Å². The number of nitrogens with zero attached hydrogens (tertiary/aromatic N) is 1. The maximum absolute atomic E-state index is 9.81. The lowest BCUT2D eigenvalue weighted by atomic mass is 10.0. The first-order chi connectivity index (χ1) is 8.24. The minimum absolute atomic E-state index is 0.650. The lowest BCUT2D eigenvalue weighted by molar-refractivity contribution is 0.0424. The average molecular weight is 251 g/mol. The third-order valence-electron chi connectivity index (χ3n) is 3.17. The van der Waals surface area contributed by atoms with E-state index in [1.165, 1.54) is 16.7 Å². The van der Waals surface area contributed by atoms with Crippen molar-refractivity contribution < 1.29 is 9.84 Å². The van der Waals surface area contributed by atoms with Crippen LogP contribution in [-0.4, -0.2) is 36.3 Å². The summed E-state index contributed by atoms with van der Waals surface area (Å²) < 4.78 is 5.31. The Morgan fingerprint density at radius 3 is 2.33 bits per heavy atom. The smallest absolute Gasteiger partial charge is 0.122 e. The van der Waals surface area contributed by atoms with Crippen LogP contribution < -0.4 is 4.74 Å². The number of benzene rings is 1. The Morgan fingerprint density at radius 1 is 1.22 bits per heavy atom. The van der Waals surface area contributed by atoms with E-state index in [-0.39, 0.29) is 0 Å². The van der Waals surface area contributed by atoms with Crippen LogP contribution in [0.3, 0.4) is 0 Å². The van der Waals surface area contributed by atoms with Gasteiger partial charge in [-0.3, -0.25) is 4.90 Å². The minimum Gasteiger partial charge on any atom is -0.496 e. The number of ether oxygens (including phenoxy) is 1. The van der Waals surface area contributed by atoms with E-state index >= 15 is 0 Å². The van der Waals surface area contributed by atoms with Gasteiger partial charge in [0.25, 0.3) is 0 Å². The summed E-state index contributed by atoms with van der Waals surface area (Å²) >= 11 is 0. The molecule has 1 rings (SSSR count). The molecule has 0 saturated heterocycles. The second kappa shape index (κ2) is 5.72. The van der Waals surface area contributed by atoms with Crippen LogP contribution in [0.15, 0.2) is 12.1 Å². The first kappa shape index (κ1) is 15.0. The van der Waals surface area contributed by atoms with Crippen LogP contribution in [0.4, 0.5) is 0 Å². The molecule has 3 nitrogen and oxygen atoms in total. The summed E-state index contributed by atoms with van der Waals surface area (Å²) in [4.78, 5) is 2.13. The van der Waals surface area contributed by atoms with Gasteiger partial charge in [0, 0.05) is 13.1 Å². The summed E-state index contributed by atoms with van der Waals surface area (Å²) in [6.07, 6.45) is 0. The maximum Gasteiger partial charge on any atom is 0.122 e. The lowest BCUT2D eigenvalue weighted by Crippen LogP contribution is -2.35. The maximum atomic E-state index is 9.81. The van der Waals surface area contributed by atoms with Crippen molar-refractivity contribution in [3.63, 3.8) is 0 Å². The predicted molar refractivity (Wildman–Crippen MR) is 75.1 cm³/mol. The molecule has 0 fully saturated rings. The quantitative estimate of drug-likeness (QED) is 0.873. The molecular weight excluding hydrogens is 226 g/mol. The van der Waals surface area contributed by atoms with Gasteiger partial charge in [-0.15, -0.1) is 0 Å². The van der Waals surface area contributed by atoms with Crippen LogP contribution in [0.25, 0.3) is 0 Å². The number of methoxy groups -OCH3 is 1. The first-order valence-corrected chi connectivity index (χ1v) is 6.28. The number of rotatable bonds is 5. The zero-order valence-electron chi connectivity index (χ0n) is 12.4. The molecule has 0 atom stereocenters. The predicted octanol–water partition coefficient (Wildman–Crippen LogP) is 2.51. The molecule has 0 aliphatic heterocycles. The summed E-state index contributed by atoms with van der Waals surface area (Å²) in [5, 5.41) is 9.81. The van der Waals surface area contributed by atoms with Crippen LogP contribution >= 0.6 is 0 Å².